The molecule has 0 bridgehead atoms. The molecule has 1 aliphatic rings. The van der Waals surface area contributed by atoms with Crippen molar-refractivity contribution in [3.63, 3.8) is 0 Å². The van der Waals surface area contributed by atoms with Crippen LogP contribution in [-0.4, -0.2) is 23.7 Å². The summed E-state index contributed by atoms with van der Waals surface area (Å²) in [4.78, 5) is 22.6. The van der Waals surface area contributed by atoms with E-state index in [0.29, 0.717) is 17.8 Å². The molecule has 5 nitrogen and oxygen atoms in total. The lowest BCUT2D eigenvalue weighted by Gasteiger charge is -2.09. The van der Waals surface area contributed by atoms with Crippen LogP contribution >= 0.6 is 0 Å². The maximum Gasteiger partial charge on any atom is 0.336 e. The first kappa shape index (κ1) is 13.4. The maximum absolute atomic E-state index is 11.6. The van der Waals surface area contributed by atoms with Gasteiger partial charge in [-0.2, -0.15) is 0 Å². The van der Waals surface area contributed by atoms with Gasteiger partial charge in [0, 0.05) is 12.2 Å². The van der Waals surface area contributed by atoms with E-state index in [1.807, 2.05) is 0 Å². The Bertz CT molecular complexity index is 495. The van der Waals surface area contributed by atoms with Gasteiger partial charge in [0.2, 0.25) is 0 Å². The number of carbonyl (C=O) groups is 2. The fraction of sp³-hybridized carbons (Fsp3) is 0.429. The molecule has 1 saturated carbocycles. The molecule has 2 rings (SSSR count). The van der Waals surface area contributed by atoms with Crippen LogP contribution in [0.25, 0.3) is 0 Å². The molecule has 0 unspecified atom stereocenters. The molecule has 5 heteroatoms. The Morgan fingerprint density at radius 2 is 2.11 bits per heavy atom. The summed E-state index contributed by atoms with van der Waals surface area (Å²) in [6, 6.07) is 4.56. The van der Waals surface area contributed by atoms with Gasteiger partial charge in [-0.05, 0) is 37.0 Å². The van der Waals surface area contributed by atoms with Crippen molar-refractivity contribution in [3.05, 3.63) is 29.3 Å². The fourth-order valence-corrected chi connectivity index (χ4v) is 1.90. The van der Waals surface area contributed by atoms with Crippen molar-refractivity contribution in [3.8, 4) is 0 Å². The van der Waals surface area contributed by atoms with E-state index in [0.717, 1.165) is 12.3 Å². The van der Waals surface area contributed by atoms with Gasteiger partial charge in [0.1, 0.15) is 0 Å². The number of aromatic carboxylic acids is 1. The number of carbonyl (C=O) groups excluding carboxylic acids is 1. The molecule has 0 radical (unpaired) electrons. The molecule has 102 valence electrons. The van der Waals surface area contributed by atoms with Gasteiger partial charge in [-0.3, -0.25) is 0 Å². The van der Waals surface area contributed by atoms with Gasteiger partial charge in [-0.15, -0.1) is 0 Å². The standard InChI is InChI=1S/C14H18N2O3/c1-9-2-5-11(8-12(9)13(17)18)16-14(19)15-7-6-10-3-4-10/h2,5,8,10H,3-4,6-7H2,1H3,(H,17,18)(H2,15,16,19). The Morgan fingerprint density at radius 1 is 1.37 bits per heavy atom. The van der Waals surface area contributed by atoms with Crippen molar-refractivity contribution in [1.82, 2.24) is 5.32 Å². The van der Waals surface area contributed by atoms with Crippen molar-refractivity contribution in [2.24, 2.45) is 5.92 Å². The highest BCUT2D eigenvalue weighted by molar-refractivity contribution is 5.94. The molecule has 1 fully saturated rings. The summed E-state index contributed by atoms with van der Waals surface area (Å²) in [6.07, 6.45) is 3.55. The van der Waals surface area contributed by atoms with Crippen molar-refractivity contribution >= 4 is 17.7 Å². The van der Waals surface area contributed by atoms with Gasteiger partial charge in [0.25, 0.3) is 0 Å². The van der Waals surface area contributed by atoms with Gasteiger partial charge >= 0.3 is 12.0 Å². The van der Waals surface area contributed by atoms with Crippen LogP contribution < -0.4 is 10.6 Å². The van der Waals surface area contributed by atoms with Crippen LogP contribution in [0.5, 0.6) is 0 Å². The van der Waals surface area contributed by atoms with E-state index in [1.54, 1.807) is 19.1 Å². The summed E-state index contributed by atoms with van der Waals surface area (Å²) >= 11 is 0. The van der Waals surface area contributed by atoms with Crippen LogP contribution in [0.15, 0.2) is 18.2 Å². The number of carboxylic acid groups (broad SMARTS) is 1. The highest BCUT2D eigenvalue weighted by Crippen LogP contribution is 2.31. The second kappa shape index (κ2) is 5.73. The average Bonchev–Trinajstić information content (AvgIpc) is 3.15. The lowest BCUT2D eigenvalue weighted by molar-refractivity contribution is 0.0696. The van der Waals surface area contributed by atoms with Gasteiger partial charge in [-0.25, -0.2) is 9.59 Å². The molecule has 0 spiro atoms. The number of nitrogens with one attached hydrogen (secondary N) is 2. The Balaban J connectivity index is 1.88. The highest BCUT2D eigenvalue weighted by Gasteiger charge is 2.20. The van der Waals surface area contributed by atoms with E-state index >= 15 is 0 Å². The highest BCUT2D eigenvalue weighted by atomic mass is 16.4. The van der Waals surface area contributed by atoms with Gasteiger partial charge in [0.05, 0.1) is 5.56 Å². The molecule has 1 aliphatic carbocycles. The third-order valence-corrected chi connectivity index (χ3v) is 3.26. The van der Waals surface area contributed by atoms with Gasteiger partial charge in [0.15, 0.2) is 0 Å². The van der Waals surface area contributed by atoms with Crippen LogP contribution in [0.4, 0.5) is 10.5 Å². The summed E-state index contributed by atoms with van der Waals surface area (Å²) < 4.78 is 0. The normalized spacial score (nSPS) is 13.9. The predicted molar refractivity (Wildman–Crippen MR) is 72.5 cm³/mol. The monoisotopic (exact) mass is 262 g/mol. The van der Waals surface area contributed by atoms with E-state index in [2.05, 4.69) is 10.6 Å². The van der Waals surface area contributed by atoms with E-state index in [1.165, 1.54) is 18.9 Å². The number of carboxylic acids is 1. The van der Waals surface area contributed by atoms with E-state index < -0.39 is 5.97 Å². The molecule has 0 heterocycles. The summed E-state index contributed by atoms with van der Waals surface area (Å²) in [5, 5.41) is 14.4. The number of amides is 2. The van der Waals surface area contributed by atoms with Crippen molar-refractivity contribution in [2.75, 3.05) is 11.9 Å². The SMILES string of the molecule is Cc1ccc(NC(=O)NCCC2CC2)cc1C(=O)O. The summed E-state index contributed by atoms with van der Waals surface area (Å²) in [6.45, 7) is 2.39. The lowest BCUT2D eigenvalue weighted by Crippen LogP contribution is -2.29. The van der Waals surface area contributed by atoms with Crippen molar-refractivity contribution in [1.29, 1.82) is 0 Å². The Kier molecular flexibility index (Phi) is 4.04. The molecule has 0 aromatic heterocycles. The van der Waals surface area contributed by atoms with Crippen LogP contribution in [0.3, 0.4) is 0 Å². The van der Waals surface area contributed by atoms with Crippen molar-refractivity contribution < 1.29 is 14.7 Å². The molecule has 1 aromatic carbocycles. The number of hydrogen-bond acceptors (Lipinski definition) is 2. The number of benzene rings is 1. The van der Waals surface area contributed by atoms with Crippen LogP contribution in [0.2, 0.25) is 0 Å². The summed E-state index contributed by atoms with van der Waals surface area (Å²) in [5.41, 5.74) is 1.37. The summed E-state index contributed by atoms with van der Waals surface area (Å²) in [5.74, 6) is -0.214. The number of anilines is 1. The smallest absolute Gasteiger partial charge is 0.336 e. The quantitative estimate of drug-likeness (QED) is 0.763. The van der Waals surface area contributed by atoms with Gasteiger partial charge < -0.3 is 15.7 Å². The zero-order valence-electron chi connectivity index (χ0n) is 10.9. The average molecular weight is 262 g/mol. The third kappa shape index (κ3) is 3.98. The number of urea groups is 1. The second-order valence-electron chi connectivity index (χ2n) is 4.95. The Labute approximate surface area is 112 Å². The number of aryl methyl sites for hydroxylation is 1. The van der Waals surface area contributed by atoms with Crippen LogP contribution in [0, 0.1) is 12.8 Å². The Morgan fingerprint density at radius 3 is 2.74 bits per heavy atom. The predicted octanol–water partition coefficient (Wildman–Crippen LogP) is 2.61. The fourth-order valence-electron chi connectivity index (χ4n) is 1.90. The minimum absolute atomic E-state index is 0.204. The summed E-state index contributed by atoms with van der Waals surface area (Å²) in [7, 11) is 0. The first-order valence-electron chi connectivity index (χ1n) is 6.45. The first-order chi connectivity index (χ1) is 9.06. The molecule has 0 aliphatic heterocycles. The molecular formula is C14H18N2O3. The Hall–Kier alpha value is -2.04. The lowest BCUT2D eigenvalue weighted by atomic mass is 10.1. The van der Waals surface area contributed by atoms with Crippen LogP contribution in [0.1, 0.15) is 35.2 Å². The van der Waals surface area contributed by atoms with Gasteiger partial charge in [-0.1, -0.05) is 18.9 Å². The minimum atomic E-state index is -0.990. The molecule has 0 atom stereocenters. The van der Waals surface area contributed by atoms with E-state index in [4.69, 9.17) is 5.11 Å². The van der Waals surface area contributed by atoms with E-state index in [9.17, 15) is 9.59 Å². The zero-order chi connectivity index (χ0) is 13.8. The van der Waals surface area contributed by atoms with E-state index in [-0.39, 0.29) is 11.6 Å². The largest absolute Gasteiger partial charge is 0.478 e. The number of rotatable bonds is 5. The number of hydrogen-bond donors (Lipinski definition) is 3. The molecule has 1 aromatic rings. The molecule has 19 heavy (non-hydrogen) atoms. The van der Waals surface area contributed by atoms with Crippen molar-refractivity contribution in [2.45, 2.75) is 26.2 Å². The molecular weight excluding hydrogens is 244 g/mol. The topological polar surface area (TPSA) is 78.4 Å². The molecule has 2 amide bonds. The first-order valence-corrected chi connectivity index (χ1v) is 6.45. The third-order valence-electron chi connectivity index (χ3n) is 3.26. The molecule has 0 saturated heterocycles. The second-order valence-corrected chi connectivity index (χ2v) is 4.95. The zero-order valence-corrected chi connectivity index (χ0v) is 10.9. The van der Waals surface area contributed by atoms with Crippen LogP contribution in [-0.2, 0) is 0 Å². The maximum atomic E-state index is 11.6. The molecule has 3 N–H and O–H groups in total. The minimum Gasteiger partial charge on any atom is -0.478 e.